The van der Waals surface area contributed by atoms with Crippen molar-refractivity contribution < 1.29 is 14.6 Å². The molecule has 0 aromatic heterocycles. The molecule has 0 amide bonds. The second-order valence-corrected chi connectivity index (χ2v) is 3.41. The minimum Gasteiger partial charge on any atom is -0.478 e. The van der Waals surface area contributed by atoms with Gasteiger partial charge in [0.2, 0.25) is 0 Å². The van der Waals surface area contributed by atoms with E-state index in [-0.39, 0.29) is 0 Å². The Morgan fingerprint density at radius 2 is 2.06 bits per heavy atom. The van der Waals surface area contributed by atoms with Crippen molar-refractivity contribution in [1.29, 1.82) is 0 Å². The third kappa shape index (κ3) is 4.42. The van der Waals surface area contributed by atoms with Crippen molar-refractivity contribution >= 4 is 5.97 Å². The highest BCUT2D eigenvalue weighted by Crippen LogP contribution is 2.05. The molecule has 0 unspecified atom stereocenters. The van der Waals surface area contributed by atoms with Crippen molar-refractivity contribution in [2.24, 2.45) is 0 Å². The number of rotatable bonds is 7. The zero-order chi connectivity index (χ0) is 11.8. The summed E-state index contributed by atoms with van der Waals surface area (Å²) in [6.07, 6.45) is 0. The Labute approximate surface area is 95.2 Å². The Balaban J connectivity index is 2.29. The Kier molecular flexibility index (Phi) is 5.53. The number of nitrogens with one attached hydrogen (secondary N) is 1. The fourth-order valence-electron chi connectivity index (χ4n) is 1.25. The molecule has 0 saturated heterocycles. The second kappa shape index (κ2) is 6.98. The van der Waals surface area contributed by atoms with Gasteiger partial charge in [0.25, 0.3) is 0 Å². The first-order valence-corrected chi connectivity index (χ1v) is 5.34. The van der Waals surface area contributed by atoms with Crippen molar-refractivity contribution in [3.8, 4) is 0 Å². The first-order valence-electron chi connectivity index (χ1n) is 5.34. The van der Waals surface area contributed by atoms with Crippen molar-refractivity contribution in [3.05, 3.63) is 35.4 Å². The highest BCUT2D eigenvalue weighted by molar-refractivity contribution is 5.87. The first-order chi connectivity index (χ1) is 7.74. The second-order valence-electron chi connectivity index (χ2n) is 3.41. The maximum absolute atomic E-state index is 10.6. The summed E-state index contributed by atoms with van der Waals surface area (Å²) in [4.78, 5) is 10.6. The van der Waals surface area contributed by atoms with E-state index in [1.165, 1.54) is 0 Å². The number of carboxylic acid groups (broad SMARTS) is 1. The number of benzene rings is 1. The van der Waals surface area contributed by atoms with E-state index in [4.69, 9.17) is 9.84 Å². The van der Waals surface area contributed by atoms with Gasteiger partial charge in [0.1, 0.15) is 0 Å². The van der Waals surface area contributed by atoms with Crippen LogP contribution in [0, 0.1) is 0 Å². The molecule has 1 aromatic carbocycles. The van der Waals surface area contributed by atoms with Crippen LogP contribution < -0.4 is 5.32 Å². The molecule has 0 aliphatic rings. The molecule has 88 valence electrons. The van der Waals surface area contributed by atoms with E-state index in [9.17, 15) is 4.79 Å². The Bertz CT molecular complexity index is 322. The maximum Gasteiger partial charge on any atom is 0.335 e. The average molecular weight is 223 g/mol. The Morgan fingerprint density at radius 3 is 2.62 bits per heavy atom. The van der Waals surface area contributed by atoms with Crippen LogP contribution in [0.1, 0.15) is 22.8 Å². The van der Waals surface area contributed by atoms with Crippen molar-refractivity contribution in [3.63, 3.8) is 0 Å². The number of likely N-dealkylation sites (N-methyl/N-ethyl adjacent to an activating group) is 1. The molecule has 0 saturated carbocycles. The summed E-state index contributed by atoms with van der Waals surface area (Å²) in [6, 6.07) is 6.73. The highest BCUT2D eigenvalue weighted by Gasteiger charge is 2.01. The lowest BCUT2D eigenvalue weighted by Gasteiger charge is -2.05. The molecule has 2 N–H and O–H groups in total. The highest BCUT2D eigenvalue weighted by atomic mass is 16.5. The molecule has 1 rings (SSSR count). The Morgan fingerprint density at radius 1 is 1.38 bits per heavy atom. The van der Waals surface area contributed by atoms with Gasteiger partial charge in [-0.05, 0) is 24.2 Å². The molecule has 0 spiro atoms. The zero-order valence-corrected chi connectivity index (χ0v) is 9.40. The monoisotopic (exact) mass is 223 g/mol. The fraction of sp³-hybridized carbons (Fsp3) is 0.417. The largest absolute Gasteiger partial charge is 0.478 e. The number of hydrogen-bond acceptors (Lipinski definition) is 3. The van der Waals surface area contributed by atoms with Crippen LogP contribution in [0.5, 0.6) is 0 Å². The van der Waals surface area contributed by atoms with E-state index < -0.39 is 5.97 Å². The van der Waals surface area contributed by atoms with E-state index in [0.717, 1.165) is 18.7 Å². The molecule has 0 atom stereocenters. The zero-order valence-electron chi connectivity index (χ0n) is 9.40. The van der Waals surface area contributed by atoms with E-state index in [0.29, 0.717) is 18.8 Å². The molecule has 0 aliphatic carbocycles. The molecular formula is C12H17NO3. The number of carbonyl (C=O) groups is 1. The maximum atomic E-state index is 10.6. The average Bonchev–Trinajstić information content (AvgIpc) is 2.29. The van der Waals surface area contributed by atoms with Gasteiger partial charge in [0.15, 0.2) is 0 Å². The summed E-state index contributed by atoms with van der Waals surface area (Å²) >= 11 is 0. The molecule has 4 nitrogen and oxygen atoms in total. The van der Waals surface area contributed by atoms with E-state index in [2.05, 4.69) is 5.32 Å². The van der Waals surface area contributed by atoms with Crippen LogP contribution in [0.15, 0.2) is 24.3 Å². The van der Waals surface area contributed by atoms with Crippen molar-refractivity contribution in [2.75, 3.05) is 19.7 Å². The first kappa shape index (κ1) is 12.7. The third-order valence-corrected chi connectivity index (χ3v) is 2.14. The van der Waals surface area contributed by atoms with Crippen LogP contribution in [0.3, 0.4) is 0 Å². The van der Waals surface area contributed by atoms with Crippen LogP contribution in [0.2, 0.25) is 0 Å². The molecule has 4 heteroatoms. The van der Waals surface area contributed by atoms with Crippen LogP contribution >= 0.6 is 0 Å². The van der Waals surface area contributed by atoms with Gasteiger partial charge >= 0.3 is 5.97 Å². The van der Waals surface area contributed by atoms with Gasteiger partial charge in [-0.1, -0.05) is 19.1 Å². The number of hydrogen-bond donors (Lipinski definition) is 2. The molecule has 16 heavy (non-hydrogen) atoms. The van der Waals surface area contributed by atoms with Gasteiger partial charge in [-0.15, -0.1) is 0 Å². The molecule has 1 aromatic rings. The van der Waals surface area contributed by atoms with Crippen LogP contribution in [-0.4, -0.2) is 30.8 Å². The molecule has 0 heterocycles. The summed E-state index contributed by atoms with van der Waals surface area (Å²) in [5.74, 6) is -0.903. The summed E-state index contributed by atoms with van der Waals surface area (Å²) in [7, 11) is 0. The van der Waals surface area contributed by atoms with Gasteiger partial charge in [-0.3, -0.25) is 0 Å². The van der Waals surface area contributed by atoms with Gasteiger partial charge in [0, 0.05) is 6.54 Å². The standard InChI is InChI=1S/C12H17NO3/c1-2-13-7-8-16-9-10-3-5-11(6-4-10)12(14)15/h3-6,13H,2,7-9H2,1H3,(H,14,15). The molecular weight excluding hydrogens is 206 g/mol. The molecule has 0 radical (unpaired) electrons. The van der Waals surface area contributed by atoms with Crippen LogP contribution in [-0.2, 0) is 11.3 Å². The molecule has 0 fully saturated rings. The summed E-state index contributed by atoms with van der Waals surface area (Å²) in [5, 5.41) is 11.9. The Hall–Kier alpha value is -1.39. The number of carboxylic acids is 1. The third-order valence-electron chi connectivity index (χ3n) is 2.14. The predicted molar refractivity (Wildman–Crippen MR) is 61.6 cm³/mol. The smallest absolute Gasteiger partial charge is 0.335 e. The van der Waals surface area contributed by atoms with E-state index in [1.807, 2.05) is 6.92 Å². The minimum atomic E-state index is -0.903. The topological polar surface area (TPSA) is 58.6 Å². The fourth-order valence-corrected chi connectivity index (χ4v) is 1.25. The quantitative estimate of drug-likeness (QED) is 0.688. The molecule has 0 aliphatic heterocycles. The number of ether oxygens (including phenoxy) is 1. The van der Waals surface area contributed by atoms with E-state index in [1.54, 1.807) is 24.3 Å². The summed E-state index contributed by atoms with van der Waals surface area (Å²) in [5.41, 5.74) is 1.29. The van der Waals surface area contributed by atoms with Crippen molar-refractivity contribution in [2.45, 2.75) is 13.5 Å². The predicted octanol–water partition coefficient (Wildman–Crippen LogP) is 1.51. The van der Waals surface area contributed by atoms with Gasteiger partial charge < -0.3 is 15.2 Å². The number of aromatic carboxylic acids is 1. The van der Waals surface area contributed by atoms with Gasteiger partial charge in [0.05, 0.1) is 18.8 Å². The molecule has 0 bridgehead atoms. The minimum absolute atomic E-state index is 0.302. The SMILES string of the molecule is CCNCCOCc1ccc(C(=O)O)cc1. The summed E-state index contributed by atoms with van der Waals surface area (Å²) < 4.78 is 5.41. The normalized spacial score (nSPS) is 10.3. The van der Waals surface area contributed by atoms with Gasteiger partial charge in [-0.2, -0.15) is 0 Å². The lowest BCUT2D eigenvalue weighted by Crippen LogP contribution is -2.18. The summed E-state index contributed by atoms with van der Waals surface area (Å²) in [6.45, 7) is 5.00. The van der Waals surface area contributed by atoms with Crippen LogP contribution in [0.4, 0.5) is 0 Å². The lowest BCUT2D eigenvalue weighted by molar-refractivity contribution is 0.0696. The van der Waals surface area contributed by atoms with E-state index >= 15 is 0 Å². The van der Waals surface area contributed by atoms with Crippen molar-refractivity contribution in [1.82, 2.24) is 5.32 Å². The van der Waals surface area contributed by atoms with Crippen LogP contribution in [0.25, 0.3) is 0 Å². The van der Waals surface area contributed by atoms with Gasteiger partial charge in [-0.25, -0.2) is 4.79 Å². The lowest BCUT2D eigenvalue weighted by atomic mass is 10.1.